The Hall–Kier alpha value is -1.04. The van der Waals surface area contributed by atoms with Gasteiger partial charge in [-0.05, 0) is 41.1 Å². The number of hydrogen-bond acceptors (Lipinski definition) is 4. The van der Waals surface area contributed by atoms with Gasteiger partial charge in [0.2, 0.25) is 5.95 Å². The molecule has 0 aliphatic carbocycles. The van der Waals surface area contributed by atoms with Crippen LogP contribution in [0.25, 0.3) is 0 Å². The fraction of sp³-hybridized carbons (Fsp3) is 0.167. The van der Waals surface area contributed by atoms with E-state index in [9.17, 15) is 0 Å². The summed E-state index contributed by atoms with van der Waals surface area (Å²) >= 11 is 15.4. The van der Waals surface area contributed by atoms with Crippen LogP contribution in [0.15, 0.2) is 28.9 Å². The van der Waals surface area contributed by atoms with Gasteiger partial charge < -0.3 is 10.6 Å². The maximum Gasteiger partial charge on any atom is 0.224 e. The molecule has 0 spiro atoms. The highest BCUT2D eigenvalue weighted by Crippen LogP contribution is 2.29. The molecule has 1 aromatic carbocycles. The SMILES string of the molecule is CCNc1ncc(Cl)c(Nc2ccc(Br)c(Cl)c2)n1. The normalized spacial score (nSPS) is 10.3. The van der Waals surface area contributed by atoms with E-state index < -0.39 is 0 Å². The van der Waals surface area contributed by atoms with Crippen LogP contribution < -0.4 is 10.6 Å². The van der Waals surface area contributed by atoms with Gasteiger partial charge in [0.15, 0.2) is 5.82 Å². The Bertz CT molecular complexity index is 592. The van der Waals surface area contributed by atoms with E-state index in [1.165, 1.54) is 0 Å². The average Bonchev–Trinajstić information content (AvgIpc) is 2.38. The van der Waals surface area contributed by atoms with Gasteiger partial charge in [-0.15, -0.1) is 0 Å². The average molecular weight is 362 g/mol. The summed E-state index contributed by atoms with van der Waals surface area (Å²) < 4.78 is 0.835. The van der Waals surface area contributed by atoms with Crippen molar-refractivity contribution >= 4 is 56.6 Å². The second kappa shape index (κ2) is 6.41. The fourth-order valence-corrected chi connectivity index (χ4v) is 1.97. The molecule has 2 aromatic rings. The van der Waals surface area contributed by atoms with Crippen molar-refractivity contribution in [3.63, 3.8) is 0 Å². The van der Waals surface area contributed by atoms with Gasteiger partial charge in [0.25, 0.3) is 0 Å². The molecule has 1 aromatic heterocycles. The largest absolute Gasteiger partial charge is 0.354 e. The lowest BCUT2D eigenvalue weighted by molar-refractivity contribution is 1.09. The number of rotatable bonds is 4. The predicted octanol–water partition coefficient (Wildman–Crippen LogP) is 4.72. The zero-order chi connectivity index (χ0) is 13.8. The molecule has 4 nitrogen and oxygen atoms in total. The number of nitrogens with zero attached hydrogens (tertiary/aromatic N) is 2. The van der Waals surface area contributed by atoms with Crippen LogP contribution in [0.4, 0.5) is 17.5 Å². The minimum absolute atomic E-state index is 0.445. The zero-order valence-electron chi connectivity index (χ0n) is 10.0. The van der Waals surface area contributed by atoms with E-state index in [-0.39, 0.29) is 0 Å². The summed E-state index contributed by atoms with van der Waals surface area (Å²) in [6, 6.07) is 5.52. The van der Waals surface area contributed by atoms with Gasteiger partial charge in [-0.25, -0.2) is 4.98 Å². The molecule has 1 heterocycles. The highest BCUT2D eigenvalue weighted by Gasteiger charge is 2.06. The fourth-order valence-electron chi connectivity index (χ4n) is 1.41. The Morgan fingerprint density at radius 1 is 1.26 bits per heavy atom. The van der Waals surface area contributed by atoms with Crippen LogP contribution >= 0.6 is 39.1 Å². The maximum absolute atomic E-state index is 6.06. The monoisotopic (exact) mass is 360 g/mol. The van der Waals surface area contributed by atoms with Crippen molar-refractivity contribution < 1.29 is 0 Å². The van der Waals surface area contributed by atoms with Crippen molar-refractivity contribution in [1.29, 1.82) is 0 Å². The van der Waals surface area contributed by atoms with E-state index in [0.29, 0.717) is 21.8 Å². The van der Waals surface area contributed by atoms with Crippen molar-refractivity contribution in [3.05, 3.63) is 38.9 Å². The van der Waals surface area contributed by atoms with Crippen molar-refractivity contribution in [2.24, 2.45) is 0 Å². The molecular formula is C12H11BrCl2N4. The number of anilines is 3. The standard InChI is InChI=1S/C12H11BrCl2N4/c1-2-16-12-17-6-10(15)11(19-12)18-7-3-4-8(13)9(14)5-7/h3-6H,2H2,1H3,(H2,16,17,18,19). The third kappa shape index (κ3) is 3.72. The van der Waals surface area contributed by atoms with Gasteiger partial charge in [-0.2, -0.15) is 4.98 Å². The lowest BCUT2D eigenvalue weighted by atomic mass is 10.3. The molecule has 19 heavy (non-hydrogen) atoms. The minimum atomic E-state index is 0.445. The molecule has 0 radical (unpaired) electrons. The van der Waals surface area contributed by atoms with Gasteiger partial charge in [-0.3, -0.25) is 0 Å². The number of aromatic nitrogens is 2. The molecule has 0 unspecified atom stereocenters. The number of benzene rings is 1. The first-order valence-corrected chi connectivity index (χ1v) is 7.13. The topological polar surface area (TPSA) is 49.8 Å². The van der Waals surface area contributed by atoms with E-state index in [1.54, 1.807) is 12.3 Å². The first-order valence-electron chi connectivity index (χ1n) is 5.58. The van der Waals surface area contributed by atoms with E-state index in [2.05, 4.69) is 36.5 Å². The Labute approximate surface area is 129 Å². The lowest BCUT2D eigenvalue weighted by Gasteiger charge is -2.10. The van der Waals surface area contributed by atoms with Crippen LogP contribution in [0.2, 0.25) is 10.0 Å². The second-order valence-corrected chi connectivity index (χ2v) is 5.34. The summed E-state index contributed by atoms with van der Waals surface area (Å²) in [4.78, 5) is 8.36. The molecule has 2 rings (SSSR count). The molecular weight excluding hydrogens is 351 g/mol. The van der Waals surface area contributed by atoms with Crippen molar-refractivity contribution in [1.82, 2.24) is 9.97 Å². The molecule has 0 aliphatic heterocycles. The quantitative estimate of drug-likeness (QED) is 0.827. The van der Waals surface area contributed by atoms with Gasteiger partial charge in [-0.1, -0.05) is 23.2 Å². The summed E-state index contributed by atoms with van der Waals surface area (Å²) in [5, 5.41) is 7.20. The molecule has 0 aliphatic rings. The van der Waals surface area contributed by atoms with Crippen LogP contribution in [0, 0.1) is 0 Å². The summed E-state index contributed by atoms with van der Waals surface area (Å²) in [7, 11) is 0. The summed E-state index contributed by atoms with van der Waals surface area (Å²) in [6.45, 7) is 2.71. The number of nitrogens with one attached hydrogen (secondary N) is 2. The summed E-state index contributed by atoms with van der Waals surface area (Å²) in [6.07, 6.45) is 1.55. The van der Waals surface area contributed by atoms with Crippen LogP contribution in [0.3, 0.4) is 0 Å². The van der Waals surface area contributed by atoms with Gasteiger partial charge in [0.1, 0.15) is 5.02 Å². The van der Waals surface area contributed by atoms with Gasteiger partial charge in [0.05, 0.1) is 11.2 Å². The highest BCUT2D eigenvalue weighted by atomic mass is 79.9. The first-order chi connectivity index (χ1) is 9.10. The number of hydrogen-bond donors (Lipinski definition) is 2. The highest BCUT2D eigenvalue weighted by molar-refractivity contribution is 9.10. The molecule has 0 bridgehead atoms. The van der Waals surface area contributed by atoms with Gasteiger partial charge in [0, 0.05) is 16.7 Å². The van der Waals surface area contributed by atoms with E-state index in [0.717, 1.165) is 16.7 Å². The Balaban J connectivity index is 2.26. The van der Waals surface area contributed by atoms with Crippen molar-refractivity contribution in [2.45, 2.75) is 6.92 Å². The minimum Gasteiger partial charge on any atom is -0.354 e. The molecule has 0 fully saturated rings. The van der Waals surface area contributed by atoms with Crippen LogP contribution in [-0.4, -0.2) is 16.5 Å². The van der Waals surface area contributed by atoms with Gasteiger partial charge >= 0.3 is 0 Å². The predicted molar refractivity (Wildman–Crippen MR) is 83.6 cm³/mol. The van der Waals surface area contributed by atoms with E-state index in [1.807, 2.05) is 19.1 Å². The third-order valence-electron chi connectivity index (χ3n) is 2.26. The Morgan fingerprint density at radius 2 is 2.05 bits per heavy atom. The molecule has 0 amide bonds. The number of halogens is 3. The third-order valence-corrected chi connectivity index (χ3v) is 3.77. The Kier molecular flexibility index (Phi) is 4.85. The maximum atomic E-state index is 6.06. The van der Waals surface area contributed by atoms with Crippen LogP contribution in [0.1, 0.15) is 6.92 Å². The Morgan fingerprint density at radius 3 is 2.74 bits per heavy atom. The summed E-state index contributed by atoms with van der Waals surface area (Å²) in [5.74, 6) is 1.06. The molecule has 7 heteroatoms. The molecule has 100 valence electrons. The lowest BCUT2D eigenvalue weighted by Crippen LogP contribution is -2.04. The summed E-state index contributed by atoms with van der Waals surface area (Å²) in [5.41, 5.74) is 0.802. The second-order valence-electron chi connectivity index (χ2n) is 3.67. The smallest absolute Gasteiger partial charge is 0.224 e. The first kappa shape index (κ1) is 14.4. The molecule has 2 N–H and O–H groups in total. The van der Waals surface area contributed by atoms with Crippen molar-refractivity contribution in [3.8, 4) is 0 Å². The molecule has 0 saturated heterocycles. The van der Waals surface area contributed by atoms with Crippen molar-refractivity contribution in [2.75, 3.05) is 17.2 Å². The molecule has 0 saturated carbocycles. The van der Waals surface area contributed by atoms with Crippen LogP contribution in [-0.2, 0) is 0 Å². The molecule has 0 atom stereocenters. The van der Waals surface area contributed by atoms with Crippen LogP contribution in [0.5, 0.6) is 0 Å². The zero-order valence-corrected chi connectivity index (χ0v) is 13.1. The van der Waals surface area contributed by atoms with E-state index in [4.69, 9.17) is 23.2 Å². The van der Waals surface area contributed by atoms with E-state index >= 15 is 0 Å².